The van der Waals surface area contributed by atoms with Gasteiger partial charge < -0.3 is 15.7 Å². The van der Waals surface area contributed by atoms with Crippen LogP contribution in [0.5, 0.6) is 0 Å². The summed E-state index contributed by atoms with van der Waals surface area (Å²) in [6, 6.07) is 11.6. The second kappa shape index (κ2) is 6.65. The molecular formula is C19H17F3N4OS. The Labute approximate surface area is 165 Å². The highest BCUT2D eigenvalue weighted by Gasteiger charge is 2.50. The van der Waals surface area contributed by atoms with Crippen LogP contribution in [0.15, 0.2) is 42.5 Å². The maximum Gasteiger partial charge on any atom is 0.417 e. The average Bonchev–Trinajstić information content (AvgIpc) is 2.79. The predicted molar refractivity (Wildman–Crippen MR) is 105 cm³/mol. The molecule has 2 aromatic rings. The van der Waals surface area contributed by atoms with E-state index in [1.807, 2.05) is 0 Å². The van der Waals surface area contributed by atoms with Gasteiger partial charge in [0.15, 0.2) is 11.3 Å². The fourth-order valence-corrected chi connectivity index (χ4v) is 3.77. The van der Waals surface area contributed by atoms with E-state index in [1.165, 1.54) is 11.0 Å². The van der Waals surface area contributed by atoms with Gasteiger partial charge in [-0.2, -0.15) is 18.4 Å². The molecule has 0 amide bonds. The zero-order valence-electron chi connectivity index (χ0n) is 15.0. The zero-order valence-corrected chi connectivity index (χ0v) is 15.8. The molecule has 9 heteroatoms. The Bertz CT molecular complexity index is 967. The first kappa shape index (κ1) is 19.9. The Kier molecular flexibility index (Phi) is 4.73. The molecule has 1 saturated heterocycles. The molecule has 3 rings (SSSR count). The summed E-state index contributed by atoms with van der Waals surface area (Å²) in [7, 11) is 0. The second-order valence-corrected chi connectivity index (χ2v) is 7.31. The van der Waals surface area contributed by atoms with Crippen molar-refractivity contribution in [2.24, 2.45) is 0 Å². The van der Waals surface area contributed by atoms with Gasteiger partial charge >= 0.3 is 6.18 Å². The van der Waals surface area contributed by atoms with Crippen LogP contribution in [0.4, 0.5) is 30.2 Å². The van der Waals surface area contributed by atoms with Crippen molar-refractivity contribution in [2.75, 3.05) is 15.5 Å². The quantitative estimate of drug-likeness (QED) is 0.583. The summed E-state index contributed by atoms with van der Waals surface area (Å²) in [5.74, 6) is 0. The number of benzene rings is 2. The molecule has 1 aliphatic rings. The van der Waals surface area contributed by atoms with E-state index in [0.29, 0.717) is 11.4 Å². The number of thiocarbonyl (C=S) groups is 1. The number of nitriles is 1. The van der Waals surface area contributed by atoms with Crippen LogP contribution in [0.3, 0.4) is 0 Å². The topological polar surface area (TPSA) is 76.5 Å². The molecule has 0 saturated carbocycles. The van der Waals surface area contributed by atoms with Crippen LogP contribution in [0.1, 0.15) is 25.0 Å². The minimum absolute atomic E-state index is 0.0508. The van der Waals surface area contributed by atoms with Crippen LogP contribution in [0.25, 0.3) is 0 Å². The van der Waals surface area contributed by atoms with Crippen LogP contribution < -0.4 is 15.5 Å². The first-order valence-electron chi connectivity index (χ1n) is 8.27. The maximum atomic E-state index is 13.3. The van der Waals surface area contributed by atoms with Gasteiger partial charge in [0, 0.05) is 17.1 Å². The van der Waals surface area contributed by atoms with Crippen molar-refractivity contribution in [3.05, 3.63) is 53.6 Å². The molecule has 28 heavy (non-hydrogen) atoms. The number of rotatable bonds is 2. The number of nitrogen functional groups attached to an aromatic ring is 1. The lowest BCUT2D eigenvalue weighted by molar-refractivity contribution is -0.137. The second-order valence-electron chi connectivity index (χ2n) is 6.95. The first-order chi connectivity index (χ1) is 13.0. The lowest BCUT2D eigenvalue weighted by Gasteiger charge is -2.33. The Hall–Kier alpha value is -2.83. The van der Waals surface area contributed by atoms with Crippen LogP contribution in [0, 0.1) is 11.3 Å². The van der Waals surface area contributed by atoms with E-state index < -0.39 is 29.1 Å². The number of nitrogens with two attached hydrogens (primary N) is 1. The molecule has 3 N–H and O–H groups in total. The Morgan fingerprint density at radius 1 is 1.14 bits per heavy atom. The maximum absolute atomic E-state index is 13.3. The van der Waals surface area contributed by atoms with E-state index >= 15 is 0 Å². The number of halogens is 3. The standard InChI is InChI=1S/C19H17F3N4OS/c1-18(2)16(27)25(17(28)26(18)13-7-4-12(24)5-8-13)14-6-3-11(10-23)15(9-14)19(20,21)22/h3-9,16,27H,24H2,1-2H3/t16-/m1/s1. The van der Waals surface area contributed by atoms with E-state index in [-0.39, 0.29) is 10.8 Å². The van der Waals surface area contributed by atoms with Crippen molar-refractivity contribution in [1.82, 2.24) is 0 Å². The van der Waals surface area contributed by atoms with Gasteiger partial charge in [-0.1, -0.05) is 0 Å². The smallest absolute Gasteiger partial charge is 0.399 e. The molecule has 0 spiro atoms. The van der Waals surface area contributed by atoms with Crippen LogP contribution in [-0.4, -0.2) is 22.0 Å². The monoisotopic (exact) mass is 406 g/mol. The third-order valence-electron chi connectivity index (χ3n) is 4.71. The summed E-state index contributed by atoms with van der Waals surface area (Å²) in [6.45, 7) is 3.46. The molecule has 0 bridgehead atoms. The van der Waals surface area contributed by atoms with Gasteiger partial charge in [-0.15, -0.1) is 0 Å². The third-order valence-corrected chi connectivity index (χ3v) is 5.09. The number of aliphatic hydroxyl groups excluding tert-OH is 1. The van der Waals surface area contributed by atoms with E-state index in [1.54, 1.807) is 49.1 Å². The highest BCUT2D eigenvalue weighted by molar-refractivity contribution is 7.80. The molecule has 0 aliphatic carbocycles. The van der Waals surface area contributed by atoms with Crippen LogP contribution in [0.2, 0.25) is 0 Å². The predicted octanol–water partition coefficient (Wildman–Crippen LogP) is 3.87. The number of hydrogen-bond acceptors (Lipinski definition) is 4. The highest BCUT2D eigenvalue weighted by Crippen LogP contribution is 2.41. The molecule has 1 aliphatic heterocycles. The normalized spacial score (nSPS) is 19.0. The molecule has 1 heterocycles. The van der Waals surface area contributed by atoms with Crippen molar-refractivity contribution < 1.29 is 18.3 Å². The lowest BCUT2D eigenvalue weighted by atomic mass is 10.0. The summed E-state index contributed by atoms with van der Waals surface area (Å²) < 4.78 is 40.0. The highest BCUT2D eigenvalue weighted by atomic mass is 32.1. The van der Waals surface area contributed by atoms with Gasteiger partial charge in [0.1, 0.15) is 0 Å². The number of anilines is 3. The minimum Gasteiger partial charge on any atom is -0.399 e. The van der Waals surface area contributed by atoms with Gasteiger partial charge in [-0.3, -0.25) is 4.90 Å². The van der Waals surface area contributed by atoms with Crippen molar-refractivity contribution in [2.45, 2.75) is 31.8 Å². The van der Waals surface area contributed by atoms with E-state index in [0.717, 1.165) is 12.1 Å². The molecular weight excluding hydrogens is 389 g/mol. The molecule has 1 fully saturated rings. The Morgan fingerprint density at radius 3 is 2.25 bits per heavy atom. The van der Waals surface area contributed by atoms with Crippen LogP contribution in [-0.2, 0) is 6.18 Å². The van der Waals surface area contributed by atoms with Crippen molar-refractivity contribution in [3.63, 3.8) is 0 Å². The molecule has 0 aromatic heterocycles. The minimum atomic E-state index is -4.71. The van der Waals surface area contributed by atoms with Crippen molar-refractivity contribution in [1.29, 1.82) is 5.26 Å². The Balaban J connectivity index is 2.10. The Morgan fingerprint density at radius 2 is 1.71 bits per heavy atom. The SMILES string of the molecule is CC1(C)[C@@H](O)N(c2ccc(C#N)c(C(F)(F)F)c2)C(=S)N1c1ccc(N)cc1. The third kappa shape index (κ3) is 3.15. The van der Waals surface area contributed by atoms with Gasteiger partial charge in [0.2, 0.25) is 0 Å². The van der Waals surface area contributed by atoms with Gasteiger partial charge in [0.25, 0.3) is 0 Å². The van der Waals surface area contributed by atoms with Gasteiger partial charge in [-0.25, -0.2) is 0 Å². The van der Waals surface area contributed by atoms with Crippen molar-refractivity contribution >= 4 is 34.4 Å². The number of alkyl halides is 3. The first-order valence-corrected chi connectivity index (χ1v) is 8.67. The lowest BCUT2D eigenvalue weighted by Crippen LogP contribution is -2.47. The summed E-state index contributed by atoms with van der Waals surface area (Å²) in [5, 5.41) is 20.0. The number of nitrogens with zero attached hydrogens (tertiary/aromatic N) is 3. The van der Waals surface area contributed by atoms with Gasteiger partial charge in [0.05, 0.1) is 22.7 Å². The van der Waals surface area contributed by atoms with E-state index in [9.17, 15) is 18.3 Å². The summed E-state index contributed by atoms with van der Waals surface area (Å²) in [4.78, 5) is 2.92. The largest absolute Gasteiger partial charge is 0.417 e. The molecule has 0 unspecified atom stereocenters. The summed E-state index contributed by atoms with van der Waals surface area (Å²) in [5.41, 5.74) is 4.46. The fourth-order valence-electron chi connectivity index (χ4n) is 3.22. The van der Waals surface area contributed by atoms with Gasteiger partial charge in [-0.05, 0) is 68.5 Å². The van der Waals surface area contributed by atoms with E-state index in [4.69, 9.17) is 23.2 Å². The number of hydrogen-bond donors (Lipinski definition) is 2. The molecule has 1 atom stereocenters. The van der Waals surface area contributed by atoms with Crippen molar-refractivity contribution in [3.8, 4) is 6.07 Å². The molecule has 2 aromatic carbocycles. The fraction of sp³-hybridized carbons (Fsp3) is 0.263. The zero-order chi connectivity index (χ0) is 20.9. The van der Waals surface area contributed by atoms with E-state index in [2.05, 4.69) is 0 Å². The molecule has 0 radical (unpaired) electrons. The number of aliphatic hydroxyl groups is 1. The average molecular weight is 406 g/mol. The summed E-state index contributed by atoms with van der Waals surface area (Å²) in [6.07, 6.45) is -5.92. The molecule has 146 valence electrons. The van der Waals surface area contributed by atoms with Crippen LogP contribution >= 0.6 is 12.2 Å². The summed E-state index contributed by atoms with van der Waals surface area (Å²) >= 11 is 5.50. The molecule has 5 nitrogen and oxygen atoms in total.